The van der Waals surface area contributed by atoms with Gasteiger partial charge in [-0.05, 0) is 59.5 Å². The Morgan fingerprint density at radius 3 is 2.82 bits per heavy atom. The van der Waals surface area contributed by atoms with Gasteiger partial charge in [0.2, 0.25) is 0 Å². The van der Waals surface area contributed by atoms with Crippen molar-refractivity contribution in [3.63, 3.8) is 0 Å². The number of hydrogen-bond donors (Lipinski definition) is 0. The summed E-state index contributed by atoms with van der Waals surface area (Å²) in [6.45, 7) is 2.04. The Kier molecular flexibility index (Phi) is 3.76. The predicted octanol–water partition coefficient (Wildman–Crippen LogP) is 4.36. The molecule has 2 aliphatic rings. The van der Waals surface area contributed by atoms with E-state index < -0.39 is 0 Å². The Hall–Kier alpha value is -1.59. The van der Waals surface area contributed by atoms with Crippen LogP contribution in [0.3, 0.4) is 0 Å². The number of hydrogen-bond acceptors (Lipinski definition) is 4. The standard InChI is InChI=1S/C17H16N2OS2/c20-16-15(22-17(18-16)19-8-4-1-5-9-19)10-12-11-21-14-7-3-2-6-13(12)14/h2-3,6-7,10-11H,1,4-5,8-9H2. The van der Waals surface area contributed by atoms with Gasteiger partial charge in [-0.15, -0.1) is 11.3 Å². The van der Waals surface area contributed by atoms with Gasteiger partial charge in [-0.3, -0.25) is 4.79 Å². The first-order valence-corrected chi connectivity index (χ1v) is 9.24. The van der Waals surface area contributed by atoms with Gasteiger partial charge in [-0.25, -0.2) is 0 Å². The summed E-state index contributed by atoms with van der Waals surface area (Å²) in [5, 5.41) is 4.21. The number of benzene rings is 1. The molecule has 0 N–H and O–H groups in total. The Bertz CT molecular complexity index is 785. The normalized spacial score (nSPS) is 20.9. The van der Waals surface area contributed by atoms with E-state index in [-0.39, 0.29) is 5.91 Å². The fraction of sp³-hybridized carbons (Fsp3) is 0.294. The lowest BCUT2D eigenvalue weighted by atomic mass is 10.1. The SMILES string of the molecule is O=C1N=C(N2CCCCC2)SC1=Cc1csc2ccccc12. The number of amides is 1. The van der Waals surface area contributed by atoms with Crippen molar-refractivity contribution in [1.82, 2.24) is 4.90 Å². The van der Waals surface area contributed by atoms with E-state index in [9.17, 15) is 4.79 Å². The second-order valence-corrected chi connectivity index (χ2v) is 7.47. The summed E-state index contributed by atoms with van der Waals surface area (Å²) in [7, 11) is 0. The van der Waals surface area contributed by atoms with Crippen LogP contribution in [0.4, 0.5) is 0 Å². The van der Waals surface area contributed by atoms with Crippen LogP contribution in [0.1, 0.15) is 24.8 Å². The van der Waals surface area contributed by atoms with Gasteiger partial charge in [0.15, 0.2) is 5.17 Å². The topological polar surface area (TPSA) is 32.7 Å². The molecule has 0 atom stereocenters. The lowest BCUT2D eigenvalue weighted by molar-refractivity contribution is -0.113. The van der Waals surface area contributed by atoms with Crippen molar-refractivity contribution in [3.05, 3.63) is 40.1 Å². The molecule has 1 saturated heterocycles. The monoisotopic (exact) mass is 328 g/mol. The smallest absolute Gasteiger partial charge is 0.286 e. The number of piperidine rings is 1. The summed E-state index contributed by atoms with van der Waals surface area (Å²) in [5.74, 6) is -0.0964. The highest BCUT2D eigenvalue weighted by atomic mass is 32.2. The van der Waals surface area contributed by atoms with Crippen molar-refractivity contribution in [2.24, 2.45) is 4.99 Å². The van der Waals surface area contributed by atoms with Crippen LogP contribution in [0, 0.1) is 0 Å². The minimum absolute atomic E-state index is 0.0964. The van der Waals surface area contributed by atoms with Crippen molar-refractivity contribution in [2.45, 2.75) is 19.3 Å². The van der Waals surface area contributed by atoms with Gasteiger partial charge >= 0.3 is 0 Å². The van der Waals surface area contributed by atoms with Crippen molar-refractivity contribution >= 4 is 50.3 Å². The molecule has 0 radical (unpaired) electrons. The summed E-state index contributed by atoms with van der Waals surface area (Å²) in [5.41, 5.74) is 1.12. The maximum atomic E-state index is 12.2. The summed E-state index contributed by atoms with van der Waals surface area (Å²) >= 11 is 3.24. The summed E-state index contributed by atoms with van der Waals surface area (Å²) in [6, 6.07) is 8.30. The largest absolute Gasteiger partial charge is 0.351 e. The van der Waals surface area contributed by atoms with Crippen LogP contribution in [0.5, 0.6) is 0 Å². The van der Waals surface area contributed by atoms with Gasteiger partial charge in [-0.1, -0.05) is 18.2 Å². The predicted molar refractivity (Wildman–Crippen MR) is 95.3 cm³/mol. The number of rotatable bonds is 1. The van der Waals surface area contributed by atoms with Crippen LogP contribution < -0.4 is 0 Å². The molecule has 2 aromatic rings. The Labute approximate surface area is 137 Å². The van der Waals surface area contributed by atoms with Crippen LogP contribution >= 0.6 is 23.1 Å². The zero-order valence-electron chi connectivity index (χ0n) is 12.1. The molecule has 0 unspecified atom stereocenters. The van der Waals surface area contributed by atoms with Gasteiger partial charge in [-0.2, -0.15) is 4.99 Å². The van der Waals surface area contributed by atoms with Crippen LogP contribution in [-0.4, -0.2) is 29.1 Å². The van der Waals surface area contributed by atoms with Gasteiger partial charge in [0.05, 0.1) is 4.91 Å². The van der Waals surface area contributed by atoms with Crippen LogP contribution in [0.25, 0.3) is 16.2 Å². The Morgan fingerprint density at radius 1 is 1.14 bits per heavy atom. The van der Waals surface area contributed by atoms with Gasteiger partial charge in [0.25, 0.3) is 5.91 Å². The molecule has 2 aliphatic heterocycles. The maximum absolute atomic E-state index is 12.2. The Morgan fingerprint density at radius 2 is 1.95 bits per heavy atom. The molecule has 1 amide bonds. The third kappa shape index (κ3) is 2.59. The third-order valence-electron chi connectivity index (χ3n) is 4.03. The number of fused-ring (bicyclic) bond motifs is 1. The zero-order valence-corrected chi connectivity index (χ0v) is 13.8. The van der Waals surface area contributed by atoms with Crippen molar-refractivity contribution < 1.29 is 4.79 Å². The minimum Gasteiger partial charge on any atom is -0.351 e. The first-order valence-electron chi connectivity index (χ1n) is 7.55. The van der Waals surface area contributed by atoms with Crippen molar-refractivity contribution in [3.8, 4) is 0 Å². The lowest BCUT2D eigenvalue weighted by Gasteiger charge is -2.27. The lowest BCUT2D eigenvalue weighted by Crippen LogP contribution is -2.33. The summed E-state index contributed by atoms with van der Waals surface area (Å²) in [6.07, 6.45) is 5.67. The van der Waals surface area contributed by atoms with E-state index in [4.69, 9.17) is 0 Å². The molecule has 1 aromatic carbocycles. The van der Waals surface area contributed by atoms with E-state index in [2.05, 4.69) is 27.4 Å². The van der Waals surface area contributed by atoms with E-state index in [1.165, 1.54) is 41.1 Å². The molecule has 0 bridgehead atoms. The van der Waals surface area contributed by atoms with Crippen LogP contribution in [-0.2, 0) is 4.79 Å². The number of nitrogens with zero attached hydrogens (tertiary/aromatic N) is 2. The second kappa shape index (κ2) is 5.89. The molecule has 0 spiro atoms. The summed E-state index contributed by atoms with van der Waals surface area (Å²) < 4.78 is 1.25. The molecule has 3 heterocycles. The zero-order chi connectivity index (χ0) is 14.9. The van der Waals surface area contributed by atoms with E-state index >= 15 is 0 Å². The fourth-order valence-corrected chi connectivity index (χ4v) is 4.74. The van der Waals surface area contributed by atoms with Gasteiger partial charge in [0, 0.05) is 17.8 Å². The highest BCUT2D eigenvalue weighted by Gasteiger charge is 2.27. The van der Waals surface area contributed by atoms with E-state index in [0.29, 0.717) is 0 Å². The number of carbonyl (C=O) groups excluding carboxylic acids is 1. The fourth-order valence-electron chi connectivity index (χ4n) is 2.87. The number of thiophene rings is 1. The van der Waals surface area contributed by atoms with E-state index in [1.807, 2.05) is 18.2 Å². The molecule has 1 fully saturated rings. The number of carbonyl (C=O) groups is 1. The molecule has 4 rings (SSSR count). The molecule has 5 heteroatoms. The van der Waals surface area contributed by atoms with Crippen LogP contribution in [0.2, 0.25) is 0 Å². The van der Waals surface area contributed by atoms with Gasteiger partial charge in [0.1, 0.15) is 0 Å². The molecular weight excluding hydrogens is 312 g/mol. The molecule has 3 nitrogen and oxygen atoms in total. The van der Waals surface area contributed by atoms with Gasteiger partial charge < -0.3 is 4.90 Å². The highest BCUT2D eigenvalue weighted by Crippen LogP contribution is 2.34. The number of thioether (sulfide) groups is 1. The van der Waals surface area contributed by atoms with Crippen molar-refractivity contribution in [2.75, 3.05) is 13.1 Å². The molecule has 112 valence electrons. The molecule has 1 aromatic heterocycles. The minimum atomic E-state index is -0.0964. The second-order valence-electron chi connectivity index (χ2n) is 5.55. The highest BCUT2D eigenvalue weighted by molar-refractivity contribution is 8.18. The average Bonchev–Trinajstić information content (AvgIpc) is 3.13. The molecule has 0 aliphatic carbocycles. The molecule has 22 heavy (non-hydrogen) atoms. The Balaban J connectivity index is 1.60. The number of likely N-dealkylation sites (tertiary alicyclic amines) is 1. The van der Waals surface area contributed by atoms with Crippen LogP contribution in [0.15, 0.2) is 39.5 Å². The van der Waals surface area contributed by atoms with Crippen molar-refractivity contribution in [1.29, 1.82) is 0 Å². The number of aliphatic imine (C=N–C) groups is 1. The first-order chi connectivity index (χ1) is 10.8. The van der Waals surface area contributed by atoms with E-state index in [1.54, 1.807) is 11.3 Å². The number of amidine groups is 1. The maximum Gasteiger partial charge on any atom is 0.286 e. The third-order valence-corrected chi connectivity index (χ3v) is 6.06. The van der Waals surface area contributed by atoms with E-state index in [0.717, 1.165) is 28.7 Å². The first kappa shape index (κ1) is 14.0. The molecule has 0 saturated carbocycles. The molecular formula is C17H16N2OS2. The quantitative estimate of drug-likeness (QED) is 0.729. The average molecular weight is 328 g/mol. The summed E-state index contributed by atoms with van der Waals surface area (Å²) in [4.78, 5) is 19.4.